The van der Waals surface area contributed by atoms with Crippen molar-refractivity contribution in [1.82, 2.24) is 0 Å². The highest BCUT2D eigenvalue weighted by Crippen LogP contribution is 2.37. The first-order chi connectivity index (χ1) is 12.4. The Hall–Kier alpha value is -2.30. The van der Waals surface area contributed by atoms with Gasteiger partial charge in [0, 0.05) is 12.0 Å². The second-order valence-electron chi connectivity index (χ2n) is 6.45. The summed E-state index contributed by atoms with van der Waals surface area (Å²) in [6, 6.07) is 8.24. The van der Waals surface area contributed by atoms with Crippen LogP contribution in [0.3, 0.4) is 0 Å². The van der Waals surface area contributed by atoms with Crippen LogP contribution in [0.2, 0.25) is 0 Å². The molecule has 0 heterocycles. The molecule has 5 heteroatoms. The summed E-state index contributed by atoms with van der Waals surface area (Å²) in [5, 5.41) is 0. The Kier molecular flexibility index (Phi) is 5.35. The number of ether oxygens (including phenoxy) is 1. The minimum Gasteiger partial charge on any atom is -0.429 e. The molecular weight excluding hydrogens is 344 g/mol. The van der Waals surface area contributed by atoms with Gasteiger partial charge in [0.2, 0.25) is 0 Å². The Labute approximate surface area is 150 Å². The monoisotopic (exact) mass is 363 g/mol. The van der Waals surface area contributed by atoms with Gasteiger partial charge in [-0.25, -0.2) is 8.78 Å². The molecule has 0 aromatic heterocycles. The fraction of sp³-hybridized carbons (Fsp3) is 0.286. The molecule has 0 bridgehead atoms. The molecule has 3 rings (SSSR count). The van der Waals surface area contributed by atoms with Crippen LogP contribution in [0.4, 0.5) is 17.6 Å². The van der Waals surface area contributed by atoms with Crippen molar-refractivity contribution < 1.29 is 22.3 Å². The van der Waals surface area contributed by atoms with Gasteiger partial charge >= 0.3 is 6.11 Å². The first-order valence-corrected chi connectivity index (χ1v) is 8.49. The third-order valence-electron chi connectivity index (χ3n) is 4.73. The summed E-state index contributed by atoms with van der Waals surface area (Å²) in [5.41, 5.74) is 0.603. The Balaban J connectivity index is 1.70. The molecule has 2 aromatic rings. The van der Waals surface area contributed by atoms with Crippen LogP contribution in [0.5, 0.6) is 5.75 Å². The van der Waals surface area contributed by atoms with Crippen LogP contribution in [-0.2, 0) is 6.11 Å². The highest BCUT2D eigenvalue weighted by molar-refractivity contribution is 5.35. The highest BCUT2D eigenvalue weighted by Gasteiger charge is 2.35. The van der Waals surface area contributed by atoms with Crippen molar-refractivity contribution in [3.05, 3.63) is 83.8 Å². The van der Waals surface area contributed by atoms with Crippen molar-refractivity contribution in [3.8, 4) is 5.75 Å². The molecule has 0 aliphatic heterocycles. The topological polar surface area (TPSA) is 9.23 Å². The van der Waals surface area contributed by atoms with Gasteiger partial charge in [0.05, 0.1) is 5.56 Å². The molecule has 0 amide bonds. The summed E-state index contributed by atoms with van der Waals surface area (Å²) in [6.45, 7) is 3.81. The molecule has 0 atom stereocenters. The van der Waals surface area contributed by atoms with Crippen LogP contribution in [-0.4, -0.2) is 0 Å². The second-order valence-corrected chi connectivity index (χ2v) is 6.45. The third kappa shape index (κ3) is 4.09. The van der Waals surface area contributed by atoms with Crippen molar-refractivity contribution in [2.45, 2.75) is 31.8 Å². The largest absolute Gasteiger partial charge is 0.429 e. The lowest BCUT2D eigenvalue weighted by Crippen LogP contribution is -2.22. The van der Waals surface area contributed by atoms with Crippen LogP contribution in [0, 0.1) is 23.5 Å². The van der Waals surface area contributed by atoms with E-state index in [0.29, 0.717) is 12.0 Å². The number of hydrogen-bond donors (Lipinski definition) is 0. The maximum atomic E-state index is 14.3. The molecule has 1 fully saturated rings. The number of benzene rings is 2. The average Bonchev–Trinajstić information content (AvgIpc) is 2.65. The minimum absolute atomic E-state index is 0.341. The van der Waals surface area contributed by atoms with Crippen molar-refractivity contribution in [2.24, 2.45) is 5.92 Å². The van der Waals surface area contributed by atoms with Gasteiger partial charge < -0.3 is 4.74 Å². The fourth-order valence-corrected chi connectivity index (χ4v) is 3.16. The van der Waals surface area contributed by atoms with Crippen LogP contribution in [0.15, 0.2) is 55.1 Å². The van der Waals surface area contributed by atoms with E-state index in [2.05, 4.69) is 11.3 Å². The molecule has 26 heavy (non-hydrogen) atoms. The van der Waals surface area contributed by atoms with E-state index >= 15 is 0 Å². The van der Waals surface area contributed by atoms with E-state index in [1.807, 2.05) is 6.08 Å². The van der Waals surface area contributed by atoms with Gasteiger partial charge in [0.15, 0.2) is 11.6 Å². The number of alkyl halides is 2. The van der Waals surface area contributed by atoms with Crippen LogP contribution in [0.1, 0.15) is 36.8 Å². The maximum Gasteiger partial charge on any atom is 0.426 e. The zero-order chi connectivity index (χ0) is 18.7. The van der Waals surface area contributed by atoms with E-state index in [4.69, 9.17) is 0 Å². The Morgan fingerprint density at radius 2 is 1.62 bits per heavy atom. The van der Waals surface area contributed by atoms with E-state index in [1.54, 1.807) is 12.1 Å². The van der Waals surface area contributed by atoms with Gasteiger partial charge in [-0.1, -0.05) is 18.2 Å². The predicted octanol–water partition coefficient (Wildman–Crippen LogP) is 6.39. The van der Waals surface area contributed by atoms with Gasteiger partial charge in [0.25, 0.3) is 0 Å². The van der Waals surface area contributed by atoms with Crippen LogP contribution in [0.25, 0.3) is 0 Å². The summed E-state index contributed by atoms with van der Waals surface area (Å²) in [6.07, 6.45) is 2.23. The third-order valence-corrected chi connectivity index (χ3v) is 4.73. The molecule has 0 spiro atoms. The van der Waals surface area contributed by atoms with Gasteiger partial charge in [-0.3, -0.25) is 0 Å². The first kappa shape index (κ1) is 18.5. The summed E-state index contributed by atoms with van der Waals surface area (Å²) >= 11 is 0. The standard InChI is InChI=1S/C21H19F4O/c1-2-14-3-5-15(6-4-14)16-7-9-17(10-8-16)21(24,25)26-18-11-12-19(22)20(23)13-18/h2,7-14H,1,3-6H2. The summed E-state index contributed by atoms with van der Waals surface area (Å²) in [5.74, 6) is -1.02. The van der Waals surface area contributed by atoms with E-state index in [1.165, 1.54) is 18.1 Å². The summed E-state index contributed by atoms with van der Waals surface area (Å²) in [4.78, 5) is 0. The van der Waals surface area contributed by atoms with Crippen molar-refractivity contribution in [1.29, 1.82) is 0 Å². The lowest BCUT2D eigenvalue weighted by molar-refractivity contribution is -0.185. The summed E-state index contributed by atoms with van der Waals surface area (Å²) in [7, 11) is 0. The molecule has 1 aliphatic rings. The van der Waals surface area contributed by atoms with E-state index in [0.717, 1.165) is 43.4 Å². The smallest absolute Gasteiger partial charge is 0.426 e. The lowest BCUT2D eigenvalue weighted by Gasteiger charge is -2.26. The summed E-state index contributed by atoms with van der Waals surface area (Å²) < 4.78 is 59.2. The van der Waals surface area contributed by atoms with E-state index < -0.39 is 23.5 Å². The SMILES string of the molecule is C=CC1CC[C](c2ccc(C(F)(F)Oc3ccc(F)c(F)c3)cc2)CC1. The molecule has 1 radical (unpaired) electrons. The fourth-order valence-electron chi connectivity index (χ4n) is 3.16. The molecule has 1 saturated carbocycles. The quantitative estimate of drug-likeness (QED) is 0.442. The predicted molar refractivity (Wildman–Crippen MR) is 91.8 cm³/mol. The molecule has 137 valence electrons. The molecule has 1 nitrogen and oxygen atoms in total. The molecule has 0 saturated heterocycles. The van der Waals surface area contributed by atoms with Crippen molar-refractivity contribution in [2.75, 3.05) is 0 Å². The van der Waals surface area contributed by atoms with Gasteiger partial charge in [-0.2, -0.15) is 8.78 Å². The Morgan fingerprint density at radius 1 is 0.962 bits per heavy atom. The van der Waals surface area contributed by atoms with Crippen LogP contribution >= 0.6 is 0 Å². The molecular formula is C21H19F4O. The zero-order valence-corrected chi connectivity index (χ0v) is 14.2. The lowest BCUT2D eigenvalue weighted by atomic mass is 9.79. The molecule has 1 aliphatic carbocycles. The first-order valence-electron chi connectivity index (χ1n) is 8.49. The molecule has 0 N–H and O–H groups in total. The number of rotatable bonds is 5. The van der Waals surface area contributed by atoms with Gasteiger partial charge in [0.1, 0.15) is 5.75 Å². The van der Waals surface area contributed by atoms with Crippen LogP contribution < -0.4 is 4.74 Å². The molecule has 0 unspecified atom stereocenters. The number of allylic oxidation sites excluding steroid dienone is 1. The molecule has 2 aromatic carbocycles. The van der Waals surface area contributed by atoms with E-state index in [9.17, 15) is 17.6 Å². The Bertz CT molecular complexity index is 762. The van der Waals surface area contributed by atoms with Crippen molar-refractivity contribution >= 4 is 0 Å². The number of halogens is 4. The van der Waals surface area contributed by atoms with Gasteiger partial charge in [-0.05, 0) is 61.4 Å². The number of hydrogen-bond acceptors (Lipinski definition) is 1. The second kappa shape index (κ2) is 7.52. The highest BCUT2D eigenvalue weighted by atomic mass is 19.3. The Morgan fingerprint density at radius 3 is 2.19 bits per heavy atom. The average molecular weight is 363 g/mol. The maximum absolute atomic E-state index is 14.3. The van der Waals surface area contributed by atoms with E-state index in [-0.39, 0.29) is 5.56 Å². The minimum atomic E-state index is -3.64. The normalized spacial score (nSPS) is 16.5. The van der Waals surface area contributed by atoms with Crippen molar-refractivity contribution in [3.63, 3.8) is 0 Å². The zero-order valence-electron chi connectivity index (χ0n) is 14.2. The van der Waals surface area contributed by atoms with Gasteiger partial charge in [-0.15, -0.1) is 6.58 Å².